The minimum Gasteiger partial charge on any atom is -0.744 e. The van der Waals surface area contributed by atoms with Crippen molar-refractivity contribution in [3.8, 4) is 0 Å². The molecule has 5 nitrogen and oxygen atoms in total. The van der Waals surface area contributed by atoms with Crippen LogP contribution in [0, 0.1) is 11.8 Å². The third-order valence-electron chi connectivity index (χ3n) is 8.72. The summed E-state index contributed by atoms with van der Waals surface area (Å²) in [5.74, 6) is -6.78. The van der Waals surface area contributed by atoms with Crippen molar-refractivity contribution < 1.29 is 82.0 Å². The third kappa shape index (κ3) is 3.75. The van der Waals surface area contributed by atoms with Crippen molar-refractivity contribution in [2.24, 2.45) is 11.8 Å². The predicted octanol–water partition coefficient (Wildman–Crippen LogP) is 1.07. The van der Waals surface area contributed by atoms with Crippen molar-refractivity contribution in [1.82, 2.24) is 0 Å². The van der Waals surface area contributed by atoms with Crippen LogP contribution in [0.3, 0.4) is 0 Å². The molecular formula is C21H6Cl12Na2O5S. The summed E-state index contributed by atoms with van der Waals surface area (Å²) in [6, 6.07) is 1.72. The monoisotopic (exact) mass is 836 g/mol. The van der Waals surface area contributed by atoms with Crippen molar-refractivity contribution in [2.45, 2.75) is 44.9 Å². The number of alkyl halides is 8. The van der Waals surface area contributed by atoms with Gasteiger partial charge in [0, 0.05) is 29.2 Å². The number of benzene rings is 1. The van der Waals surface area contributed by atoms with Gasteiger partial charge in [0.1, 0.15) is 29.6 Å². The Bertz CT molecular complexity index is 1630. The maximum absolute atomic E-state index is 12.2. The maximum atomic E-state index is 12.2. The van der Waals surface area contributed by atoms with Gasteiger partial charge in [-0.05, 0) is 23.3 Å². The van der Waals surface area contributed by atoms with Crippen LogP contribution in [0.5, 0.6) is 0 Å². The van der Waals surface area contributed by atoms with E-state index in [1.54, 1.807) is 0 Å². The van der Waals surface area contributed by atoms with Gasteiger partial charge in [0.05, 0.1) is 31.0 Å². The molecule has 4 bridgehead atoms. The van der Waals surface area contributed by atoms with E-state index in [9.17, 15) is 22.9 Å². The molecule has 212 valence electrons. The molecule has 0 radical (unpaired) electrons. The van der Waals surface area contributed by atoms with Gasteiger partial charge in [-0.15, -0.1) is 46.4 Å². The Hall–Kier alpha value is 3.56. The van der Waals surface area contributed by atoms with Crippen LogP contribution in [0.15, 0.2) is 37.2 Å². The van der Waals surface area contributed by atoms with Crippen molar-refractivity contribution in [1.29, 1.82) is 0 Å². The minimum atomic E-state index is -5.40. The van der Waals surface area contributed by atoms with Crippen LogP contribution in [-0.4, -0.2) is 47.1 Å². The summed E-state index contributed by atoms with van der Waals surface area (Å²) in [6.45, 7) is 0. The molecule has 0 spiro atoms. The van der Waals surface area contributed by atoms with E-state index >= 15 is 0 Å². The molecule has 0 aliphatic heterocycles. The first-order valence-electron chi connectivity index (χ1n) is 10.5. The Labute approximate surface area is 338 Å². The Morgan fingerprint density at radius 2 is 0.976 bits per heavy atom. The second-order valence-electron chi connectivity index (χ2n) is 9.98. The zero-order chi connectivity index (χ0) is 29.4. The zero-order valence-corrected chi connectivity index (χ0v) is 33.8. The summed E-state index contributed by atoms with van der Waals surface area (Å²) in [7, 11) is -5.40. The van der Waals surface area contributed by atoms with Gasteiger partial charge < -0.3 is 14.5 Å². The zero-order valence-electron chi connectivity index (χ0n) is 19.9. The van der Waals surface area contributed by atoms with Crippen LogP contribution < -0.4 is 64.2 Å². The van der Waals surface area contributed by atoms with E-state index < -0.39 is 78.4 Å². The molecule has 0 saturated heterocycles. The van der Waals surface area contributed by atoms with Crippen molar-refractivity contribution in [2.75, 3.05) is 0 Å². The number of allylic oxidation sites excluding steroid dienone is 4. The number of hydrogen-bond acceptors (Lipinski definition) is 5. The number of fused-ring (bicyclic) bond motifs is 14. The van der Waals surface area contributed by atoms with Crippen LogP contribution in [0.25, 0.3) is 0 Å². The van der Waals surface area contributed by atoms with Crippen LogP contribution >= 0.6 is 139 Å². The molecule has 0 amide bonds. The minimum absolute atomic E-state index is 0. The summed E-state index contributed by atoms with van der Waals surface area (Å²) < 4.78 is 32.2. The SMILES string of the molecule is O=C([O-])c1cc2c(cc1S(=O)(=O)[O-])C1C(C3C2C2(Cl)C(Cl)=C(Cl)C3(Cl)C2(Cl)Cl)C2(Cl)C(Cl)=C(Cl)C1(Cl)C2(Cl)Cl.[Na+].[Na+]. The van der Waals surface area contributed by atoms with Crippen molar-refractivity contribution >= 4 is 155 Å². The third-order valence-corrected chi connectivity index (χ3v) is 18.1. The topological polar surface area (TPSA) is 97.3 Å². The van der Waals surface area contributed by atoms with E-state index in [-0.39, 0.29) is 90.4 Å². The van der Waals surface area contributed by atoms with Crippen molar-refractivity contribution in [3.63, 3.8) is 0 Å². The van der Waals surface area contributed by atoms with E-state index in [0.29, 0.717) is 0 Å². The van der Waals surface area contributed by atoms with E-state index in [1.165, 1.54) is 0 Å². The average molecular weight is 842 g/mol. The number of halogens is 12. The predicted molar refractivity (Wildman–Crippen MR) is 152 cm³/mol. The number of carboxylic acids is 1. The average Bonchev–Trinajstić information content (AvgIpc) is 3.16. The summed E-state index contributed by atoms with van der Waals surface area (Å²) in [5.41, 5.74) is -0.997. The maximum Gasteiger partial charge on any atom is 1.00 e. The fourth-order valence-electron chi connectivity index (χ4n) is 7.29. The van der Waals surface area contributed by atoms with Gasteiger partial charge in [-0.2, -0.15) is 0 Å². The number of hydrogen-bond donors (Lipinski definition) is 0. The molecule has 8 atom stereocenters. The molecule has 2 saturated carbocycles. The molecule has 2 fully saturated rings. The van der Waals surface area contributed by atoms with Gasteiger partial charge in [0.2, 0.25) is 0 Å². The van der Waals surface area contributed by atoms with E-state index in [2.05, 4.69) is 0 Å². The molecule has 1 aromatic carbocycles. The first-order chi connectivity index (χ1) is 17.5. The van der Waals surface area contributed by atoms with E-state index in [0.717, 1.165) is 12.1 Å². The molecular weight excluding hydrogens is 836 g/mol. The first kappa shape index (κ1) is 37.4. The normalized spacial score (nSPS) is 42.4. The van der Waals surface area contributed by atoms with Gasteiger partial charge in [-0.25, -0.2) is 8.42 Å². The second-order valence-corrected chi connectivity index (χ2v) is 17.9. The molecule has 41 heavy (non-hydrogen) atoms. The van der Waals surface area contributed by atoms with Crippen LogP contribution in [0.1, 0.15) is 33.3 Å². The Morgan fingerprint density at radius 1 is 0.659 bits per heavy atom. The van der Waals surface area contributed by atoms with Gasteiger partial charge in [0.25, 0.3) is 0 Å². The summed E-state index contributed by atoms with van der Waals surface area (Å²) in [4.78, 5) is 2.82. The van der Waals surface area contributed by atoms with Gasteiger partial charge in [-0.3, -0.25) is 0 Å². The van der Waals surface area contributed by atoms with E-state index in [1.807, 2.05) is 0 Å². The molecule has 5 aliphatic rings. The molecule has 6 rings (SSSR count). The molecule has 0 heterocycles. The largest absolute Gasteiger partial charge is 1.00 e. The number of carbonyl (C=O) groups is 1. The van der Waals surface area contributed by atoms with Crippen LogP contribution in [0.4, 0.5) is 0 Å². The first-order valence-corrected chi connectivity index (χ1v) is 16.5. The molecule has 8 unspecified atom stereocenters. The van der Waals surface area contributed by atoms with Gasteiger partial charge >= 0.3 is 59.1 Å². The van der Waals surface area contributed by atoms with E-state index in [4.69, 9.17) is 139 Å². The Kier molecular flexibility index (Phi) is 9.60. The van der Waals surface area contributed by atoms with Crippen LogP contribution in [-0.2, 0) is 10.1 Å². The fraction of sp³-hybridized carbons (Fsp3) is 0.476. The van der Waals surface area contributed by atoms with Crippen LogP contribution in [0.2, 0.25) is 0 Å². The number of aromatic carboxylic acids is 1. The molecule has 5 aliphatic carbocycles. The number of carbonyl (C=O) groups excluding carboxylic acids is 1. The molecule has 0 N–H and O–H groups in total. The Morgan fingerprint density at radius 3 is 1.29 bits per heavy atom. The Balaban J connectivity index is 0.00000194. The summed E-state index contributed by atoms with van der Waals surface area (Å²) in [5, 5.41) is 11.1. The summed E-state index contributed by atoms with van der Waals surface area (Å²) >= 11 is 82.4. The molecule has 20 heteroatoms. The molecule has 0 aromatic heterocycles. The number of carboxylic acid groups (broad SMARTS) is 1. The standard InChI is InChI=1S/C21H8Cl12O5S.2Na/c22-11-13(24)18(28)9-7(16(11,26)20(18,30)31)3-1-5(15(34)35)6(39(36,37)38)2-4(3)8-10(9)19(29)14(25)12(23)17(8,27)21(19,32)33;;/h1-2,7-10H,(H,34,35)(H,36,37,38);;/q;2*+1/p-2. The quantitative estimate of drug-likeness (QED) is 0.253. The smallest absolute Gasteiger partial charge is 0.744 e. The molecule has 1 aromatic rings. The van der Waals surface area contributed by atoms with Gasteiger partial charge in [0.15, 0.2) is 8.67 Å². The second kappa shape index (κ2) is 10.5. The van der Waals surface area contributed by atoms with Crippen molar-refractivity contribution in [3.05, 3.63) is 49.0 Å². The summed E-state index contributed by atoms with van der Waals surface area (Å²) in [6.07, 6.45) is 0. The fourth-order valence-corrected chi connectivity index (χ4v) is 14.0. The van der Waals surface area contributed by atoms with Gasteiger partial charge in [-0.1, -0.05) is 92.8 Å². The number of rotatable bonds is 2.